The molecule has 9 heterocycles. The monoisotopic (exact) mass is 1110 g/mol. The molecule has 9 aromatic rings. The van der Waals surface area contributed by atoms with Gasteiger partial charge in [-0.3, -0.25) is 0 Å². The summed E-state index contributed by atoms with van der Waals surface area (Å²) in [7, 11) is 0. The maximum Gasteiger partial charge on any atom is 0.410 e. The van der Waals surface area contributed by atoms with Crippen molar-refractivity contribution < 1.29 is 51.6 Å². The number of ether oxygens (including phenoxy) is 6. The van der Waals surface area contributed by atoms with E-state index in [1.54, 1.807) is 70.9 Å². The third kappa shape index (κ3) is 14.7. The first-order valence-electron chi connectivity index (χ1n) is 26.0. The van der Waals surface area contributed by atoms with Crippen LogP contribution in [0.25, 0.3) is 33.5 Å². The average molecular weight is 1110 g/mol. The van der Waals surface area contributed by atoms with Crippen molar-refractivity contribution in [2.24, 2.45) is 0 Å². The summed E-state index contributed by atoms with van der Waals surface area (Å²) in [5.74, 6) is 1.54. The Morgan fingerprint density at radius 2 is 0.938 bits per heavy atom. The molecule has 0 spiro atoms. The van der Waals surface area contributed by atoms with Crippen molar-refractivity contribution in [3.8, 4) is 0 Å². The van der Waals surface area contributed by atoms with Crippen molar-refractivity contribution in [2.45, 2.75) is 65.6 Å². The first kappa shape index (κ1) is 56.8. The number of hydrogen-bond donors (Lipinski definition) is 3. The Hall–Kier alpha value is -8.93. The quantitative estimate of drug-likeness (QED) is 0.108. The van der Waals surface area contributed by atoms with Gasteiger partial charge in [0, 0.05) is 43.8 Å². The molecule has 1 unspecified atom stereocenters. The van der Waals surface area contributed by atoms with E-state index in [0.717, 1.165) is 27.7 Å². The van der Waals surface area contributed by atoms with Crippen LogP contribution >= 0.6 is 0 Å². The van der Waals surface area contributed by atoms with Gasteiger partial charge in [0.25, 0.3) is 0 Å². The van der Waals surface area contributed by atoms with E-state index < -0.39 is 24.2 Å². The number of fused-ring (bicyclic) bond motifs is 3. The van der Waals surface area contributed by atoms with Gasteiger partial charge in [0.15, 0.2) is 16.9 Å². The summed E-state index contributed by atoms with van der Waals surface area (Å²) in [6.07, 6.45) is 1.71. The Balaban J connectivity index is 0.000000146. The predicted molar refractivity (Wildman–Crippen MR) is 293 cm³/mol. The predicted octanol–water partition coefficient (Wildman–Crippen LogP) is 10.1. The van der Waals surface area contributed by atoms with Crippen molar-refractivity contribution in [3.05, 3.63) is 179 Å². The van der Waals surface area contributed by atoms with E-state index in [9.17, 15) is 23.2 Å². The average Bonchev–Trinajstić information content (AvgIpc) is 4.43. The minimum atomic E-state index is -1.02. The van der Waals surface area contributed by atoms with E-state index in [1.165, 1.54) is 23.5 Å². The first-order valence-corrected chi connectivity index (χ1v) is 26.0. The lowest BCUT2D eigenvalue weighted by atomic mass is 10.1. The van der Waals surface area contributed by atoms with Crippen molar-refractivity contribution >= 4 is 51.8 Å². The maximum atomic E-state index is 13.6. The zero-order valence-corrected chi connectivity index (χ0v) is 43.9. The van der Waals surface area contributed by atoms with Crippen LogP contribution in [0.1, 0.15) is 84.1 Å². The van der Waals surface area contributed by atoms with Crippen LogP contribution in [-0.4, -0.2) is 137 Å². The number of aryl methyl sites for hydroxylation is 1. The number of amides is 3. The second kappa shape index (κ2) is 26.8. The van der Waals surface area contributed by atoms with Crippen LogP contribution in [0, 0.1) is 12.7 Å². The van der Waals surface area contributed by atoms with Gasteiger partial charge >= 0.3 is 18.3 Å². The zero-order valence-electron chi connectivity index (χ0n) is 43.9. The number of carbonyl (C=O) groups is 3. The molecule has 12 rings (SSSR count). The largest absolute Gasteiger partial charge is 0.445 e. The number of aromatic nitrogens is 9. The van der Waals surface area contributed by atoms with Crippen LogP contribution in [0.5, 0.6) is 0 Å². The van der Waals surface area contributed by atoms with Gasteiger partial charge in [0.1, 0.15) is 67.6 Å². The molecule has 422 valence electrons. The number of alkyl halides is 1. The fourth-order valence-electron chi connectivity index (χ4n) is 8.87. The minimum absolute atomic E-state index is 0. The van der Waals surface area contributed by atoms with Crippen LogP contribution in [0.2, 0.25) is 0 Å². The van der Waals surface area contributed by atoms with Crippen molar-refractivity contribution in [2.75, 3.05) is 59.1 Å². The number of hydrogen-bond acceptors (Lipinski definition) is 15. The molecular formula is C58H62F2N12O9. The third-order valence-corrected chi connectivity index (χ3v) is 13.3. The van der Waals surface area contributed by atoms with Crippen LogP contribution in [-0.2, 0) is 48.2 Å². The Labute approximate surface area is 465 Å². The van der Waals surface area contributed by atoms with E-state index in [4.69, 9.17) is 28.4 Å². The minimum Gasteiger partial charge on any atom is -0.445 e. The third-order valence-electron chi connectivity index (χ3n) is 13.3. The number of nitrogens with one attached hydrogen (secondary N) is 3. The molecule has 3 fully saturated rings. The molecule has 3 saturated heterocycles. The number of benzene rings is 3. The molecule has 0 saturated carbocycles. The second-order valence-corrected chi connectivity index (χ2v) is 19.0. The van der Waals surface area contributed by atoms with Crippen LogP contribution < -0.4 is 0 Å². The number of nitrogens with zero attached hydrogens (tertiary/aromatic N) is 9. The highest BCUT2D eigenvalue weighted by molar-refractivity contribution is 5.72. The molecule has 3 aliphatic heterocycles. The molecule has 81 heavy (non-hydrogen) atoms. The number of carbonyl (C=O) groups excluding carboxylic acids is 3. The normalized spacial score (nSPS) is 17.5. The van der Waals surface area contributed by atoms with Gasteiger partial charge in [-0.2, -0.15) is 0 Å². The van der Waals surface area contributed by atoms with E-state index in [1.807, 2.05) is 67.6 Å². The Morgan fingerprint density at radius 1 is 0.556 bits per heavy atom. The Bertz CT molecular complexity index is 3430. The van der Waals surface area contributed by atoms with Gasteiger partial charge in [-0.15, -0.1) is 0 Å². The van der Waals surface area contributed by atoms with Gasteiger partial charge in [0.2, 0.25) is 0 Å². The van der Waals surface area contributed by atoms with Crippen LogP contribution in [0.15, 0.2) is 128 Å². The molecule has 3 aliphatic rings. The zero-order chi connectivity index (χ0) is 55.4. The van der Waals surface area contributed by atoms with E-state index in [-0.39, 0.29) is 51.7 Å². The number of rotatable bonds is 10. The standard InChI is InChI=1S/C20H21FN4O3.C19H20N4O3.C18H17FN4O3.CH4/c1-13(21)15-6-4-14(5-7-15)12-28-20(26)25-9-10-27-17(11-25)19-23-16-3-2-8-22-18(16)24-19;1-13-4-6-14(7-5-13)12-26-19(24)23-9-10-25-16(11-23)18-21-15-3-2-8-20-17(15)22-18;19-13-5-2-1-4-12(13)11-26-18(24)23-8-9-25-15(10-23)17-21-14-6-3-7-20-16(14)22-17;/h2-8,13,17H,9-12H2,1H3,(H,22,23,24);2-8,16H,9-12H2,1H3,(H,20,21,22);1-7,15H,8-11H2,(H,20,21,22);1H4/t13?,17-;16-;15-;/m000./s1. The highest BCUT2D eigenvalue weighted by atomic mass is 19.1. The van der Waals surface area contributed by atoms with Crippen molar-refractivity contribution in [1.29, 1.82) is 0 Å². The Kier molecular flexibility index (Phi) is 18.8. The van der Waals surface area contributed by atoms with Gasteiger partial charge in [0.05, 0.1) is 56.0 Å². The summed E-state index contributed by atoms with van der Waals surface area (Å²) in [5, 5.41) is 0. The van der Waals surface area contributed by atoms with Gasteiger partial charge in [-0.25, -0.2) is 53.1 Å². The number of halogens is 2. The molecular weight excluding hydrogens is 1050 g/mol. The fraction of sp³-hybridized carbons (Fsp3) is 0.328. The molecule has 6 aromatic heterocycles. The van der Waals surface area contributed by atoms with Crippen LogP contribution in [0.4, 0.5) is 23.2 Å². The fourth-order valence-corrected chi connectivity index (χ4v) is 8.87. The smallest absolute Gasteiger partial charge is 0.410 e. The van der Waals surface area contributed by atoms with Crippen molar-refractivity contribution in [1.82, 2.24) is 59.6 Å². The SMILES string of the molecule is C.CC(F)c1ccc(COC(=O)N2CCO[C@H](c3nc4ncccc4[nH]3)C2)cc1.Cc1ccc(COC(=O)N2CCO[C@H](c3nc4ncccc4[nH]3)C2)cc1.O=C(OCc1ccccc1F)N1CCO[C@H](c2nc3ncccc3[nH]2)C1. The second-order valence-electron chi connectivity index (χ2n) is 19.0. The molecule has 3 amide bonds. The van der Waals surface area contributed by atoms with E-state index in [2.05, 4.69) is 44.9 Å². The molecule has 0 bridgehead atoms. The van der Waals surface area contributed by atoms with Crippen LogP contribution in [0.3, 0.4) is 0 Å². The van der Waals surface area contributed by atoms with Gasteiger partial charge < -0.3 is 58.1 Å². The van der Waals surface area contributed by atoms with Gasteiger partial charge in [-0.1, -0.05) is 79.7 Å². The highest BCUT2D eigenvalue weighted by Gasteiger charge is 2.31. The molecule has 0 aliphatic carbocycles. The summed E-state index contributed by atoms with van der Waals surface area (Å²) in [4.78, 5) is 77.4. The number of H-pyrrole nitrogens is 3. The molecule has 3 N–H and O–H groups in total. The summed E-state index contributed by atoms with van der Waals surface area (Å²) < 4.78 is 60.2. The number of pyridine rings is 3. The molecule has 21 nitrogen and oxygen atoms in total. The molecule has 4 atom stereocenters. The Morgan fingerprint density at radius 3 is 1.32 bits per heavy atom. The molecule has 23 heteroatoms. The van der Waals surface area contributed by atoms with E-state index >= 15 is 0 Å². The molecule has 0 radical (unpaired) electrons. The summed E-state index contributed by atoms with van der Waals surface area (Å²) in [6, 6.07) is 32.3. The lowest BCUT2D eigenvalue weighted by Gasteiger charge is -2.31. The summed E-state index contributed by atoms with van der Waals surface area (Å²) >= 11 is 0. The van der Waals surface area contributed by atoms with Gasteiger partial charge in [-0.05, 0) is 73.0 Å². The molecule has 3 aromatic carbocycles. The van der Waals surface area contributed by atoms with Crippen molar-refractivity contribution in [3.63, 3.8) is 0 Å². The maximum absolute atomic E-state index is 13.6. The van der Waals surface area contributed by atoms with E-state index in [0.29, 0.717) is 105 Å². The lowest BCUT2D eigenvalue weighted by Crippen LogP contribution is -2.42. The lowest BCUT2D eigenvalue weighted by molar-refractivity contribution is -0.0331. The first-order chi connectivity index (χ1) is 39.0. The summed E-state index contributed by atoms with van der Waals surface area (Å²) in [5.41, 5.74) is 8.25. The number of morpholine rings is 3. The number of aromatic amines is 3. The topological polar surface area (TPSA) is 241 Å². The summed E-state index contributed by atoms with van der Waals surface area (Å²) in [6.45, 7) is 7.40. The highest BCUT2D eigenvalue weighted by Crippen LogP contribution is 2.26. The number of imidazole rings is 3.